The molecule has 0 aliphatic rings. The zero-order valence-electron chi connectivity index (χ0n) is 15.8. The van der Waals surface area contributed by atoms with E-state index in [9.17, 15) is 22.8 Å². The van der Waals surface area contributed by atoms with Gasteiger partial charge >= 0.3 is 6.18 Å². The van der Waals surface area contributed by atoms with Gasteiger partial charge < -0.3 is 10.3 Å². The van der Waals surface area contributed by atoms with Crippen LogP contribution in [0, 0.1) is 6.92 Å². The molecular weight excluding hydrogens is 401 g/mol. The highest BCUT2D eigenvalue weighted by molar-refractivity contribution is 6.04. The third kappa shape index (κ3) is 3.23. The van der Waals surface area contributed by atoms with Crippen molar-refractivity contribution < 1.29 is 18.0 Å². The van der Waals surface area contributed by atoms with Crippen LogP contribution in [-0.2, 0) is 13.2 Å². The van der Waals surface area contributed by atoms with Gasteiger partial charge in [-0.2, -0.15) is 27.9 Å². The van der Waals surface area contributed by atoms with Gasteiger partial charge in [0.1, 0.15) is 11.2 Å². The fourth-order valence-corrected chi connectivity index (χ4v) is 3.21. The second-order valence-corrected chi connectivity index (χ2v) is 6.63. The summed E-state index contributed by atoms with van der Waals surface area (Å²) in [6, 6.07) is 7.81. The molecule has 0 spiro atoms. The second kappa shape index (κ2) is 6.87. The molecule has 0 atom stereocenters. The van der Waals surface area contributed by atoms with Gasteiger partial charge in [-0.3, -0.25) is 14.3 Å². The van der Waals surface area contributed by atoms with Crippen LogP contribution in [0.15, 0.2) is 47.5 Å². The molecule has 0 saturated heterocycles. The van der Waals surface area contributed by atoms with E-state index >= 15 is 0 Å². The Morgan fingerprint density at radius 3 is 2.50 bits per heavy atom. The SMILES string of the molecule is Cc1[nH]c2c(-c3ccccc3)c(C(F)(F)F)nn2c(=O)c1C(=O)Nc1cnn(C)c1. The van der Waals surface area contributed by atoms with Gasteiger partial charge in [0, 0.05) is 18.9 Å². The van der Waals surface area contributed by atoms with Crippen molar-refractivity contribution in [1.82, 2.24) is 24.4 Å². The van der Waals surface area contributed by atoms with E-state index in [1.807, 2.05) is 0 Å². The smallest absolute Gasteiger partial charge is 0.342 e. The Morgan fingerprint density at radius 2 is 1.90 bits per heavy atom. The summed E-state index contributed by atoms with van der Waals surface area (Å²) in [5, 5.41) is 9.92. The van der Waals surface area contributed by atoms with Crippen LogP contribution in [0.2, 0.25) is 0 Å². The predicted molar refractivity (Wildman–Crippen MR) is 102 cm³/mol. The topological polar surface area (TPSA) is 97.1 Å². The molecule has 4 aromatic rings. The van der Waals surface area contributed by atoms with E-state index in [1.54, 1.807) is 25.2 Å². The van der Waals surface area contributed by atoms with Gasteiger partial charge in [-0.15, -0.1) is 0 Å². The quantitative estimate of drug-likeness (QED) is 0.537. The number of hydrogen-bond acceptors (Lipinski definition) is 4. The molecular formula is C19H15F3N6O2. The lowest BCUT2D eigenvalue weighted by atomic mass is 10.1. The van der Waals surface area contributed by atoms with E-state index in [-0.39, 0.29) is 28.0 Å². The van der Waals surface area contributed by atoms with Gasteiger partial charge in [0.15, 0.2) is 5.69 Å². The van der Waals surface area contributed by atoms with E-state index in [1.165, 1.54) is 36.1 Å². The van der Waals surface area contributed by atoms with Crippen LogP contribution in [0.5, 0.6) is 0 Å². The fraction of sp³-hybridized carbons (Fsp3) is 0.158. The second-order valence-electron chi connectivity index (χ2n) is 6.63. The number of nitrogens with one attached hydrogen (secondary N) is 2. The van der Waals surface area contributed by atoms with Gasteiger partial charge in [-0.25, -0.2) is 0 Å². The molecule has 1 amide bonds. The largest absolute Gasteiger partial charge is 0.435 e. The minimum atomic E-state index is -4.80. The number of aromatic amines is 1. The number of carbonyl (C=O) groups is 1. The summed E-state index contributed by atoms with van der Waals surface area (Å²) in [4.78, 5) is 28.3. The molecule has 2 N–H and O–H groups in total. The first-order valence-electron chi connectivity index (χ1n) is 8.75. The van der Waals surface area contributed by atoms with E-state index in [4.69, 9.17) is 0 Å². The summed E-state index contributed by atoms with van der Waals surface area (Å²) in [6.07, 6.45) is -1.91. The van der Waals surface area contributed by atoms with Crippen molar-refractivity contribution in [2.75, 3.05) is 5.32 Å². The monoisotopic (exact) mass is 416 g/mol. The van der Waals surface area contributed by atoms with Gasteiger partial charge in [-0.05, 0) is 12.5 Å². The molecule has 8 nitrogen and oxygen atoms in total. The number of fused-ring (bicyclic) bond motifs is 1. The van der Waals surface area contributed by atoms with E-state index in [0.717, 1.165) is 0 Å². The predicted octanol–water partition coefficient (Wildman–Crippen LogP) is 3.00. The number of amides is 1. The summed E-state index contributed by atoms with van der Waals surface area (Å²) in [7, 11) is 1.65. The average Bonchev–Trinajstić information content (AvgIpc) is 3.26. The van der Waals surface area contributed by atoms with Crippen LogP contribution in [-0.4, -0.2) is 30.3 Å². The number of carbonyl (C=O) groups excluding carboxylic acids is 1. The van der Waals surface area contributed by atoms with Gasteiger partial charge in [0.2, 0.25) is 0 Å². The highest BCUT2D eigenvalue weighted by atomic mass is 19.4. The molecule has 4 rings (SSSR count). The number of anilines is 1. The van der Waals surface area contributed by atoms with E-state index in [0.29, 0.717) is 10.2 Å². The van der Waals surface area contributed by atoms with Crippen LogP contribution in [0.25, 0.3) is 16.8 Å². The van der Waals surface area contributed by atoms with E-state index in [2.05, 4.69) is 20.5 Å². The Balaban J connectivity index is 1.93. The highest BCUT2D eigenvalue weighted by Gasteiger charge is 2.39. The molecule has 1 aromatic carbocycles. The molecule has 11 heteroatoms. The number of aromatic nitrogens is 5. The molecule has 0 unspecified atom stereocenters. The number of halogens is 3. The van der Waals surface area contributed by atoms with Crippen molar-refractivity contribution in [3.05, 3.63) is 70.0 Å². The maximum absolute atomic E-state index is 13.7. The van der Waals surface area contributed by atoms with Gasteiger partial charge in [0.25, 0.3) is 11.5 Å². The number of nitrogens with zero attached hydrogens (tertiary/aromatic N) is 4. The lowest BCUT2D eigenvalue weighted by Crippen LogP contribution is -2.29. The summed E-state index contributed by atoms with van der Waals surface area (Å²) >= 11 is 0. The molecule has 3 heterocycles. The van der Waals surface area contributed by atoms with Crippen molar-refractivity contribution >= 4 is 17.2 Å². The maximum Gasteiger partial charge on any atom is 0.435 e. The number of H-pyrrole nitrogens is 1. The van der Waals surface area contributed by atoms with Gasteiger partial charge in [0.05, 0.1) is 17.4 Å². The summed E-state index contributed by atoms with van der Waals surface area (Å²) in [5.74, 6) is -0.783. The van der Waals surface area contributed by atoms with Crippen LogP contribution >= 0.6 is 0 Å². The Labute approximate surface area is 167 Å². The van der Waals surface area contributed by atoms with Crippen LogP contribution < -0.4 is 10.9 Å². The Morgan fingerprint density at radius 1 is 1.20 bits per heavy atom. The molecule has 3 aromatic heterocycles. The lowest BCUT2D eigenvalue weighted by Gasteiger charge is -2.08. The van der Waals surface area contributed by atoms with Gasteiger partial charge in [-0.1, -0.05) is 30.3 Å². The minimum absolute atomic E-state index is 0.111. The van der Waals surface area contributed by atoms with Crippen LogP contribution in [0.3, 0.4) is 0 Å². The van der Waals surface area contributed by atoms with E-state index < -0.39 is 23.3 Å². The Hall–Kier alpha value is -3.89. The molecule has 0 fully saturated rings. The molecule has 0 aliphatic carbocycles. The minimum Gasteiger partial charge on any atom is -0.342 e. The average molecular weight is 416 g/mol. The summed E-state index contributed by atoms with van der Waals surface area (Å²) < 4.78 is 43.0. The molecule has 30 heavy (non-hydrogen) atoms. The number of rotatable bonds is 3. The zero-order valence-corrected chi connectivity index (χ0v) is 15.8. The third-order valence-corrected chi connectivity index (χ3v) is 4.49. The number of hydrogen-bond donors (Lipinski definition) is 2. The first-order valence-corrected chi connectivity index (χ1v) is 8.75. The number of alkyl halides is 3. The number of aryl methyl sites for hydroxylation is 2. The van der Waals surface area contributed by atoms with Crippen molar-refractivity contribution in [2.45, 2.75) is 13.1 Å². The fourth-order valence-electron chi connectivity index (χ4n) is 3.21. The number of benzene rings is 1. The maximum atomic E-state index is 13.7. The third-order valence-electron chi connectivity index (χ3n) is 4.49. The molecule has 0 bridgehead atoms. The van der Waals surface area contributed by atoms with Crippen LogP contribution in [0.1, 0.15) is 21.7 Å². The molecule has 0 radical (unpaired) electrons. The van der Waals surface area contributed by atoms with Crippen molar-refractivity contribution in [3.63, 3.8) is 0 Å². The van der Waals surface area contributed by atoms with Crippen LogP contribution in [0.4, 0.5) is 18.9 Å². The Bertz CT molecular complexity index is 1320. The summed E-state index contributed by atoms with van der Waals surface area (Å²) in [6.45, 7) is 1.44. The normalized spacial score (nSPS) is 11.8. The van der Waals surface area contributed by atoms with Crippen molar-refractivity contribution in [1.29, 1.82) is 0 Å². The first-order chi connectivity index (χ1) is 14.2. The first kappa shape index (κ1) is 19.4. The Kier molecular flexibility index (Phi) is 4.45. The highest BCUT2D eigenvalue weighted by Crippen LogP contribution is 2.38. The summed E-state index contributed by atoms with van der Waals surface area (Å²) in [5.41, 5.74) is -2.25. The van der Waals surface area contributed by atoms with Crippen molar-refractivity contribution in [2.24, 2.45) is 7.05 Å². The van der Waals surface area contributed by atoms with Crippen molar-refractivity contribution in [3.8, 4) is 11.1 Å². The molecule has 0 saturated carbocycles. The molecule has 0 aliphatic heterocycles. The zero-order chi connectivity index (χ0) is 21.6. The standard InChI is InChI=1S/C19H15F3N6O2/c1-10-13(17(29)25-12-8-23-27(2)9-12)18(30)28-16(24-10)14(11-6-4-3-5-7-11)15(26-28)19(20,21)22/h3-9,24H,1-2H3,(H,25,29). The molecule has 154 valence electrons. The lowest BCUT2D eigenvalue weighted by molar-refractivity contribution is -0.140.